The second-order valence-corrected chi connectivity index (χ2v) is 8.10. The van der Waals surface area contributed by atoms with Gasteiger partial charge in [-0.1, -0.05) is 36.4 Å². The number of ether oxygens (including phenoxy) is 4. The van der Waals surface area contributed by atoms with Crippen LogP contribution in [0.25, 0.3) is 18.2 Å². The second-order valence-electron chi connectivity index (χ2n) is 8.10. The highest BCUT2D eigenvalue weighted by Gasteiger charge is 2.12. The molecule has 0 aromatic heterocycles. The number of methoxy groups -OCH3 is 3. The molecular weight excluding hydrogens is 488 g/mol. The number of phenolic OH excluding ortho intramolecular Hbond substituents is 3. The van der Waals surface area contributed by atoms with Crippen molar-refractivity contribution < 1.29 is 39.1 Å². The molecule has 3 N–H and O–H groups in total. The molecule has 0 aliphatic carbocycles. The quantitative estimate of drug-likeness (QED) is 0.223. The van der Waals surface area contributed by atoms with Crippen LogP contribution in [-0.4, -0.2) is 48.7 Å². The monoisotopic (exact) mass is 518 g/mol. The molecule has 1 atom stereocenters. The lowest BCUT2D eigenvalue weighted by atomic mass is 10.1. The van der Waals surface area contributed by atoms with E-state index in [4.69, 9.17) is 18.9 Å². The van der Waals surface area contributed by atoms with Crippen LogP contribution in [-0.2, 0) is 9.53 Å². The molecule has 0 radical (unpaired) electrons. The molecule has 0 saturated carbocycles. The van der Waals surface area contributed by atoms with E-state index in [0.717, 1.165) is 11.1 Å². The summed E-state index contributed by atoms with van der Waals surface area (Å²) >= 11 is 0. The topological polar surface area (TPSA) is 115 Å². The highest BCUT2D eigenvalue weighted by Crippen LogP contribution is 2.37. The molecule has 1 unspecified atom stereocenters. The third kappa shape index (κ3) is 7.83. The summed E-state index contributed by atoms with van der Waals surface area (Å²) in [5, 5.41) is 29.4. The SMILES string of the molecule is COc1cc(C=CCC(C=Cc2cc(OC)c(O)c(OC)c2)OC(=O)C=Cc2ccc(O)cc2)ccc1O. The van der Waals surface area contributed by atoms with Gasteiger partial charge in [-0.2, -0.15) is 0 Å². The van der Waals surface area contributed by atoms with Crippen molar-refractivity contribution in [2.24, 2.45) is 0 Å². The first-order chi connectivity index (χ1) is 18.3. The van der Waals surface area contributed by atoms with Crippen LogP contribution in [0.2, 0.25) is 0 Å². The van der Waals surface area contributed by atoms with Crippen molar-refractivity contribution in [3.63, 3.8) is 0 Å². The lowest BCUT2D eigenvalue weighted by Gasteiger charge is -2.12. The number of hydrogen-bond donors (Lipinski definition) is 3. The Morgan fingerprint density at radius 3 is 2.00 bits per heavy atom. The smallest absolute Gasteiger partial charge is 0.331 e. The molecule has 198 valence electrons. The fourth-order valence-electron chi connectivity index (χ4n) is 3.47. The summed E-state index contributed by atoms with van der Waals surface area (Å²) in [4.78, 5) is 12.6. The average Bonchev–Trinajstić information content (AvgIpc) is 2.92. The number of phenols is 3. The van der Waals surface area contributed by atoms with Crippen LogP contribution in [0.5, 0.6) is 34.5 Å². The zero-order chi connectivity index (χ0) is 27.5. The van der Waals surface area contributed by atoms with Gasteiger partial charge in [0.25, 0.3) is 0 Å². The van der Waals surface area contributed by atoms with Crippen molar-refractivity contribution in [1.29, 1.82) is 0 Å². The molecule has 3 aromatic carbocycles. The summed E-state index contributed by atoms with van der Waals surface area (Å²) in [6.45, 7) is 0. The number of esters is 1. The van der Waals surface area contributed by atoms with E-state index < -0.39 is 12.1 Å². The Balaban J connectivity index is 1.80. The van der Waals surface area contributed by atoms with Crippen molar-refractivity contribution in [2.75, 3.05) is 21.3 Å². The van der Waals surface area contributed by atoms with Gasteiger partial charge >= 0.3 is 5.97 Å². The van der Waals surface area contributed by atoms with E-state index in [0.29, 0.717) is 17.7 Å². The molecule has 8 nitrogen and oxygen atoms in total. The van der Waals surface area contributed by atoms with Crippen molar-refractivity contribution in [1.82, 2.24) is 0 Å². The highest BCUT2D eigenvalue weighted by atomic mass is 16.5. The van der Waals surface area contributed by atoms with E-state index in [1.54, 1.807) is 54.6 Å². The lowest BCUT2D eigenvalue weighted by Crippen LogP contribution is -2.13. The van der Waals surface area contributed by atoms with Crippen LogP contribution in [0.15, 0.2) is 72.8 Å². The number of carbonyl (C=O) groups excluding carboxylic acids is 1. The van der Waals surface area contributed by atoms with Gasteiger partial charge in [0.15, 0.2) is 23.0 Å². The highest BCUT2D eigenvalue weighted by molar-refractivity contribution is 5.87. The van der Waals surface area contributed by atoms with Gasteiger partial charge in [-0.15, -0.1) is 0 Å². The van der Waals surface area contributed by atoms with E-state index in [1.165, 1.54) is 45.6 Å². The fourth-order valence-corrected chi connectivity index (χ4v) is 3.47. The predicted octanol–water partition coefficient (Wildman–Crippen LogP) is 5.57. The Labute approximate surface area is 221 Å². The minimum atomic E-state index is -0.631. The second kappa shape index (κ2) is 13.5. The standard InChI is InChI=1S/C30H30O8/c1-35-26-17-21(10-15-25(26)32)5-4-6-24(38-29(33)16-11-20-7-12-23(31)13-8-20)14-9-22-18-27(36-2)30(34)28(19-22)37-3/h4-5,7-19,24,31-32,34H,6H2,1-3H3. The molecule has 0 amide bonds. The van der Waals surface area contributed by atoms with Gasteiger partial charge in [0.2, 0.25) is 5.75 Å². The summed E-state index contributed by atoms with van der Waals surface area (Å²) in [5.41, 5.74) is 2.20. The molecule has 0 spiro atoms. The largest absolute Gasteiger partial charge is 0.508 e. The van der Waals surface area contributed by atoms with E-state index in [9.17, 15) is 20.1 Å². The molecule has 3 rings (SSSR count). The Kier molecular flexibility index (Phi) is 9.82. The van der Waals surface area contributed by atoms with Crippen LogP contribution in [0.3, 0.4) is 0 Å². The molecule has 3 aromatic rings. The normalized spacial score (nSPS) is 12.2. The van der Waals surface area contributed by atoms with Crippen LogP contribution >= 0.6 is 0 Å². The number of carbonyl (C=O) groups is 1. The molecule has 0 aliphatic heterocycles. The summed E-state index contributed by atoms with van der Waals surface area (Å²) < 4.78 is 21.2. The summed E-state index contributed by atoms with van der Waals surface area (Å²) in [6, 6.07) is 14.6. The van der Waals surface area contributed by atoms with Crippen molar-refractivity contribution >= 4 is 24.2 Å². The van der Waals surface area contributed by atoms with E-state index in [-0.39, 0.29) is 28.7 Å². The van der Waals surface area contributed by atoms with Crippen LogP contribution < -0.4 is 14.2 Å². The first-order valence-corrected chi connectivity index (χ1v) is 11.7. The van der Waals surface area contributed by atoms with Gasteiger partial charge in [-0.3, -0.25) is 0 Å². The molecule has 0 saturated heterocycles. The van der Waals surface area contributed by atoms with E-state index >= 15 is 0 Å². The number of rotatable bonds is 11. The van der Waals surface area contributed by atoms with Crippen molar-refractivity contribution in [3.05, 3.63) is 89.5 Å². The maximum atomic E-state index is 12.6. The van der Waals surface area contributed by atoms with Crippen LogP contribution in [0.1, 0.15) is 23.1 Å². The molecule has 0 bridgehead atoms. The summed E-state index contributed by atoms with van der Waals surface area (Å²) in [5.74, 6) is 0.362. The zero-order valence-corrected chi connectivity index (χ0v) is 21.3. The van der Waals surface area contributed by atoms with Gasteiger partial charge in [0.05, 0.1) is 21.3 Å². The van der Waals surface area contributed by atoms with Gasteiger partial charge in [0.1, 0.15) is 11.9 Å². The molecule has 38 heavy (non-hydrogen) atoms. The average molecular weight is 519 g/mol. The lowest BCUT2D eigenvalue weighted by molar-refractivity contribution is -0.140. The van der Waals surface area contributed by atoms with Gasteiger partial charge in [-0.25, -0.2) is 4.79 Å². The zero-order valence-electron chi connectivity index (χ0n) is 21.3. The van der Waals surface area contributed by atoms with Crippen LogP contribution in [0, 0.1) is 0 Å². The first kappa shape index (κ1) is 27.7. The Morgan fingerprint density at radius 2 is 1.37 bits per heavy atom. The summed E-state index contributed by atoms with van der Waals surface area (Å²) in [6.07, 6.45) is 9.76. The third-order valence-corrected chi connectivity index (χ3v) is 5.46. The number of hydrogen-bond acceptors (Lipinski definition) is 8. The first-order valence-electron chi connectivity index (χ1n) is 11.7. The Bertz CT molecular complexity index is 1300. The summed E-state index contributed by atoms with van der Waals surface area (Å²) in [7, 11) is 4.36. The number of aromatic hydroxyl groups is 3. The molecular formula is C30H30O8. The van der Waals surface area contributed by atoms with Gasteiger partial charge < -0.3 is 34.3 Å². The Morgan fingerprint density at radius 1 is 0.763 bits per heavy atom. The third-order valence-electron chi connectivity index (χ3n) is 5.46. The molecule has 0 fully saturated rings. The maximum absolute atomic E-state index is 12.6. The predicted molar refractivity (Wildman–Crippen MR) is 146 cm³/mol. The maximum Gasteiger partial charge on any atom is 0.331 e. The Hall–Kier alpha value is -4.85. The molecule has 0 aliphatic rings. The fraction of sp³-hybridized carbons (Fsp3) is 0.167. The minimum absolute atomic E-state index is 0.0413. The van der Waals surface area contributed by atoms with Crippen molar-refractivity contribution in [2.45, 2.75) is 12.5 Å². The molecule has 0 heterocycles. The van der Waals surface area contributed by atoms with Gasteiger partial charge in [-0.05, 0) is 65.2 Å². The van der Waals surface area contributed by atoms with Gasteiger partial charge in [0, 0.05) is 12.5 Å². The molecule has 8 heteroatoms. The van der Waals surface area contributed by atoms with E-state index in [2.05, 4.69) is 0 Å². The van der Waals surface area contributed by atoms with Crippen LogP contribution in [0.4, 0.5) is 0 Å². The number of benzene rings is 3. The van der Waals surface area contributed by atoms with E-state index in [1.807, 2.05) is 12.2 Å². The van der Waals surface area contributed by atoms with Crippen molar-refractivity contribution in [3.8, 4) is 34.5 Å². The minimum Gasteiger partial charge on any atom is -0.508 e.